The van der Waals surface area contributed by atoms with E-state index in [1.54, 1.807) is 7.05 Å². The SMILES string of the molecule is C#CCNC(=NC)Nc1ccc2c(c1)OCCCO2. The van der Waals surface area contributed by atoms with E-state index in [2.05, 4.69) is 21.5 Å². The Labute approximate surface area is 113 Å². The molecule has 19 heavy (non-hydrogen) atoms. The lowest BCUT2D eigenvalue weighted by Crippen LogP contribution is -2.30. The Morgan fingerprint density at radius 1 is 1.37 bits per heavy atom. The summed E-state index contributed by atoms with van der Waals surface area (Å²) in [5.74, 6) is 4.64. The molecule has 0 saturated carbocycles. The van der Waals surface area contributed by atoms with Crippen molar-refractivity contribution in [3.63, 3.8) is 0 Å². The van der Waals surface area contributed by atoms with Gasteiger partial charge in [0.25, 0.3) is 0 Å². The molecular weight excluding hydrogens is 242 g/mol. The van der Waals surface area contributed by atoms with Crippen molar-refractivity contribution in [2.24, 2.45) is 4.99 Å². The van der Waals surface area contributed by atoms with Gasteiger partial charge in [0, 0.05) is 25.2 Å². The molecule has 1 aromatic rings. The highest BCUT2D eigenvalue weighted by molar-refractivity contribution is 5.94. The number of rotatable bonds is 2. The number of aliphatic imine (C=N–C) groups is 1. The summed E-state index contributed by atoms with van der Waals surface area (Å²) in [6.45, 7) is 1.77. The molecular formula is C14H17N3O2. The minimum absolute atomic E-state index is 0.421. The van der Waals surface area contributed by atoms with Crippen LogP contribution in [0.1, 0.15) is 6.42 Å². The Kier molecular flexibility index (Phi) is 4.51. The third-order valence-corrected chi connectivity index (χ3v) is 2.59. The number of benzene rings is 1. The molecule has 0 radical (unpaired) electrons. The fraction of sp³-hybridized carbons (Fsp3) is 0.357. The smallest absolute Gasteiger partial charge is 0.196 e. The average Bonchev–Trinajstić information content (AvgIpc) is 2.68. The Morgan fingerprint density at radius 3 is 2.89 bits per heavy atom. The van der Waals surface area contributed by atoms with Crippen molar-refractivity contribution in [3.05, 3.63) is 18.2 Å². The molecule has 0 atom stereocenters. The second-order valence-corrected chi connectivity index (χ2v) is 3.97. The van der Waals surface area contributed by atoms with Crippen molar-refractivity contribution >= 4 is 11.6 Å². The molecule has 0 unspecified atom stereocenters. The van der Waals surface area contributed by atoms with Gasteiger partial charge in [-0.1, -0.05) is 5.92 Å². The summed E-state index contributed by atoms with van der Waals surface area (Å²) < 4.78 is 11.2. The molecule has 0 saturated heterocycles. The molecule has 0 spiro atoms. The van der Waals surface area contributed by atoms with Crippen LogP contribution >= 0.6 is 0 Å². The highest BCUT2D eigenvalue weighted by Gasteiger charge is 2.11. The highest BCUT2D eigenvalue weighted by atomic mass is 16.5. The van der Waals surface area contributed by atoms with Crippen LogP contribution in [0.25, 0.3) is 0 Å². The van der Waals surface area contributed by atoms with Crippen molar-refractivity contribution in [3.8, 4) is 23.8 Å². The molecule has 1 aliphatic rings. The zero-order chi connectivity index (χ0) is 13.5. The fourth-order valence-corrected chi connectivity index (χ4v) is 1.69. The Hall–Kier alpha value is -2.35. The summed E-state index contributed by atoms with van der Waals surface area (Å²) in [5, 5.41) is 6.13. The lowest BCUT2D eigenvalue weighted by atomic mass is 10.3. The zero-order valence-electron chi connectivity index (χ0n) is 10.9. The van der Waals surface area contributed by atoms with Crippen molar-refractivity contribution in [2.75, 3.05) is 32.1 Å². The number of nitrogens with one attached hydrogen (secondary N) is 2. The quantitative estimate of drug-likeness (QED) is 0.480. The van der Waals surface area contributed by atoms with Gasteiger partial charge in [-0.25, -0.2) is 0 Å². The summed E-state index contributed by atoms with van der Waals surface area (Å²) in [6, 6.07) is 5.69. The normalized spacial score (nSPS) is 14.2. The van der Waals surface area contributed by atoms with Gasteiger partial charge in [-0.05, 0) is 12.1 Å². The molecule has 0 bridgehead atoms. The van der Waals surface area contributed by atoms with E-state index >= 15 is 0 Å². The van der Waals surface area contributed by atoms with Crippen molar-refractivity contribution < 1.29 is 9.47 Å². The second kappa shape index (κ2) is 6.55. The zero-order valence-corrected chi connectivity index (χ0v) is 10.9. The second-order valence-electron chi connectivity index (χ2n) is 3.97. The lowest BCUT2D eigenvalue weighted by Gasteiger charge is -2.12. The van der Waals surface area contributed by atoms with Crippen molar-refractivity contribution in [2.45, 2.75) is 6.42 Å². The monoisotopic (exact) mass is 259 g/mol. The first-order valence-corrected chi connectivity index (χ1v) is 6.14. The number of ether oxygens (including phenoxy) is 2. The third kappa shape index (κ3) is 3.55. The number of hydrogen-bond acceptors (Lipinski definition) is 3. The molecule has 5 heteroatoms. The highest BCUT2D eigenvalue weighted by Crippen LogP contribution is 2.32. The predicted molar refractivity (Wildman–Crippen MR) is 75.9 cm³/mol. The summed E-state index contributed by atoms with van der Waals surface area (Å²) in [5.41, 5.74) is 0.870. The molecule has 0 amide bonds. The van der Waals surface area contributed by atoms with Gasteiger partial charge in [0.15, 0.2) is 17.5 Å². The molecule has 100 valence electrons. The van der Waals surface area contributed by atoms with Crippen LogP contribution in [0.3, 0.4) is 0 Å². The summed E-state index contributed by atoms with van der Waals surface area (Å²) >= 11 is 0. The van der Waals surface area contributed by atoms with Gasteiger partial charge in [0.1, 0.15) is 0 Å². The first-order chi connectivity index (χ1) is 9.33. The molecule has 2 N–H and O–H groups in total. The molecule has 0 aliphatic carbocycles. The maximum Gasteiger partial charge on any atom is 0.196 e. The van der Waals surface area contributed by atoms with E-state index in [9.17, 15) is 0 Å². The van der Waals surface area contributed by atoms with Gasteiger partial charge < -0.3 is 20.1 Å². The summed E-state index contributed by atoms with van der Waals surface area (Å²) in [7, 11) is 1.69. The van der Waals surface area contributed by atoms with Crippen LogP contribution in [0.5, 0.6) is 11.5 Å². The molecule has 0 fully saturated rings. The minimum Gasteiger partial charge on any atom is -0.490 e. The number of nitrogens with zero attached hydrogens (tertiary/aromatic N) is 1. The maximum atomic E-state index is 5.63. The van der Waals surface area contributed by atoms with E-state index in [0.29, 0.717) is 25.7 Å². The first-order valence-electron chi connectivity index (χ1n) is 6.14. The molecule has 1 aliphatic heterocycles. The number of guanidine groups is 1. The van der Waals surface area contributed by atoms with Gasteiger partial charge >= 0.3 is 0 Å². The van der Waals surface area contributed by atoms with Gasteiger partial charge in [0.05, 0.1) is 19.8 Å². The standard InChI is InChI=1S/C14H17N3O2/c1-3-7-16-14(15-2)17-11-5-6-12-13(10-11)19-9-4-8-18-12/h1,5-6,10H,4,7-9H2,2H3,(H2,15,16,17). The fourth-order valence-electron chi connectivity index (χ4n) is 1.69. The Balaban J connectivity index is 2.09. The Morgan fingerprint density at radius 2 is 2.16 bits per heavy atom. The summed E-state index contributed by atoms with van der Waals surface area (Å²) in [6.07, 6.45) is 6.09. The topological polar surface area (TPSA) is 54.9 Å². The molecule has 1 aromatic carbocycles. The number of anilines is 1. The van der Waals surface area contributed by atoms with E-state index in [-0.39, 0.29) is 0 Å². The van der Waals surface area contributed by atoms with Crippen molar-refractivity contribution in [1.29, 1.82) is 0 Å². The molecule has 1 heterocycles. The van der Waals surface area contributed by atoms with Crippen LogP contribution < -0.4 is 20.1 Å². The van der Waals surface area contributed by atoms with Crippen molar-refractivity contribution in [1.82, 2.24) is 5.32 Å². The number of terminal acetylenes is 1. The van der Waals surface area contributed by atoms with Crippen LogP contribution in [0.15, 0.2) is 23.2 Å². The largest absolute Gasteiger partial charge is 0.490 e. The van der Waals surface area contributed by atoms with Crippen LogP contribution in [0.4, 0.5) is 5.69 Å². The maximum absolute atomic E-state index is 5.63. The van der Waals surface area contributed by atoms with E-state index in [1.165, 1.54) is 0 Å². The van der Waals surface area contributed by atoms with Crippen LogP contribution in [0, 0.1) is 12.3 Å². The first kappa shape index (κ1) is 13.1. The third-order valence-electron chi connectivity index (χ3n) is 2.59. The number of fused-ring (bicyclic) bond motifs is 1. The van der Waals surface area contributed by atoms with Crippen LogP contribution in [-0.4, -0.2) is 32.8 Å². The van der Waals surface area contributed by atoms with E-state index in [1.807, 2.05) is 18.2 Å². The van der Waals surface area contributed by atoms with Gasteiger partial charge in [-0.3, -0.25) is 4.99 Å². The van der Waals surface area contributed by atoms with E-state index < -0.39 is 0 Å². The van der Waals surface area contributed by atoms with Crippen LogP contribution in [0.2, 0.25) is 0 Å². The van der Waals surface area contributed by atoms with Gasteiger partial charge in [0.2, 0.25) is 0 Å². The average molecular weight is 259 g/mol. The van der Waals surface area contributed by atoms with E-state index in [4.69, 9.17) is 15.9 Å². The minimum atomic E-state index is 0.421. The number of hydrogen-bond donors (Lipinski definition) is 2. The van der Waals surface area contributed by atoms with Gasteiger partial charge in [-0.15, -0.1) is 6.42 Å². The van der Waals surface area contributed by atoms with Gasteiger partial charge in [-0.2, -0.15) is 0 Å². The van der Waals surface area contributed by atoms with E-state index in [0.717, 1.165) is 23.6 Å². The summed E-state index contributed by atoms with van der Waals surface area (Å²) in [4.78, 5) is 4.08. The molecule has 0 aromatic heterocycles. The molecule has 2 rings (SSSR count). The molecule has 5 nitrogen and oxygen atoms in total. The Bertz CT molecular complexity index is 506. The van der Waals surface area contributed by atoms with Crippen LogP contribution in [-0.2, 0) is 0 Å². The predicted octanol–water partition coefficient (Wildman–Crippen LogP) is 1.47. The lowest BCUT2D eigenvalue weighted by molar-refractivity contribution is 0.297.